The number of anilines is 1. The summed E-state index contributed by atoms with van der Waals surface area (Å²) in [5.41, 5.74) is -1.40. The lowest BCUT2D eigenvalue weighted by atomic mass is 9.70. The predicted molar refractivity (Wildman–Crippen MR) is 132 cm³/mol. The maximum atomic E-state index is 15.4. The highest BCUT2D eigenvalue weighted by atomic mass is 32.1. The Morgan fingerprint density at radius 1 is 1.19 bits per heavy atom. The zero-order valence-corrected chi connectivity index (χ0v) is 20.7. The van der Waals surface area contributed by atoms with E-state index in [2.05, 4.69) is 5.32 Å². The average molecular weight is 530 g/mol. The maximum absolute atomic E-state index is 15.4. The first kappa shape index (κ1) is 25.3. The van der Waals surface area contributed by atoms with Crippen LogP contribution in [0.4, 0.5) is 23.2 Å². The lowest BCUT2D eigenvalue weighted by Crippen LogP contribution is -2.62. The van der Waals surface area contributed by atoms with Crippen LogP contribution in [0.5, 0.6) is 0 Å². The minimum absolute atomic E-state index is 0.0567. The third-order valence-corrected chi connectivity index (χ3v) is 8.34. The molecule has 2 unspecified atom stereocenters. The van der Waals surface area contributed by atoms with E-state index >= 15 is 4.39 Å². The fourth-order valence-corrected chi connectivity index (χ4v) is 6.53. The van der Waals surface area contributed by atoms with Crippen LogP contribution >= 0.6 is 12.2 Å². The van der Waals surface area contributed by atoms with E-state index in [4.69, 9.17) is 17.5 Å². The number of thiocarbonyl (C=S) groups is 1. The second-order valence-electron chi connectivity index (χ2n) is 9.99. The highest BCUT2D eigenvalue weighted by Gasteiger charge is 2.55. The number of nitriles is 1. The summed E-state index contributed by atoms with van der Waals surface area (Å²) in [6.45, 7) is 1.91. The number of Topliss-reactive ketones (excluding diaryl/α,β-unsaturated/α-hetero) is 1. The van der Waals surface area contributed by atoms with E-state index in [-0.39, 0.29) is 35.9 Å². The number of carbonyl (C=O) groups is 2. The molecule has 2 aromatic rings. The molecule has 1 spiro atoms. The van der Waals surface area contributed by atoms with Crippen molar-refractivity contribution in [3.63, 3.8) is 0 Å². The Balaban J connectivity index is 1.55. The van der Waals surface area contributed by atoms with Gasteiger partial charge in [-0.25, -0.2) is 4.39 Å². The first-order valence-corrected chi connectivity index (χ1v) is 12.5. The molecule has 2 fully saturated rings. The smallest absolute Gasteiger partial charge is 0.348 e. The molecule has 2 heterocycles. The number of halogens is 4. The van der Waals surface area contributed by atoms with Crippen LogP contribution in [0.2, 0.25) is 0 Å². The minimum Gasteiger partial charge on any atom is -0.348 e. The van der Waals surface area contributed by atoms with Gasteiger partial charge in [-0.15, -0.1) is 0 Å². The fourth-order valence-electron chi connectivity index (χ4n) is 6.08. The third kappa shape index (κ3) is 4.00. The average Bonchev–Trinajstić information content (AvgIpc) is 3.48. The summed E-state index contributed by atoms with van der Waals surface area (Å²) in [7, 11) is 0. The molecule has 5 nitrogen and oxygen atoms in total. The standard InChI is InChI=1S/C27H23F4N3O2S/c1-14(15-4-5-16(12-32)20(8-15)27(29,30)31)18-11-23(37)34(26(24(18)35)6-2-3-7-26)22-10-19-17(9-21(22)28)13-33-25(19)36/h4-5,8-10,14,18H,2-3,6-7,11,13H2,1H3,(H,33,36). The Bertz CT molecular complexity index is 1370. The van der Waals surface area contributed by atoms with Crippen molar-refractivity contribution < 1.29 is 27.2 Å². The van der Waals surface area contributed by atoms with E-state index in [9.17, 15) is 22.8 Å². The number of fused-ring (bicyclic) bond motifs is 1. The van der Waals surface area contributed by atoms with Crippen LogP contribution in [0.15, 0.2) is 30.3 Å². The molecular formula is C27H23F4N3O2S. The molecule has 1 saturated heterocycles. The predicted octanol–water partition coefficient (Wildman–Crippen LogP) is 5.80. The highest BCUT2D eigenvalue weighted by Crippen LogP contribution is 2.49. The normalized spacial score (nSPS) is 21.7. The van der Waals surface area contributed by atoms with Crippen molar-refractivity contribution in [1.82, 2.24) is 5.32 Å². The summed E-state index contributed by atoms with van der Waals surface area (Å²) in [6, 6.07) is 7.83. The molecular weight excluding hydrogens is 506 g/mol. The molecule has 2 aromatic carbocycles. The molecule has 37 heavy (non-hydrogen) atoms. The molecule has 3 aliphatic rings. The van der Waals surface area contributed by atoms with Gasteiger partial charge in [-0.3, -0.25) is 9.59 Å². The minimum atomic E-state index is -4.71. The lowest BCUT2D eigenvalue weighted by Gasteiger charge is -2.49. The SMILES string of the molecule is CC(c1ccc(C#N)c(C(F)(F)F)c1)C1CC(=S)N(c2cc3c(cc2F)CNC3=O)C2(CCCC2)C1=O. The molecule has 1 aliphatic carbocycles. The largest absolute Gasteiger partial charge is 0.417 e. The van der Waals surface area contributed by atoms with Crippen molar-refractivity contribution in [2.45, 2.75) is 63.2 Å². The Kier molecular flexibility index (Phi) is 6.10. The van der Waals surface area contributed by atoms with Crippen molar-refractivity contribution in [1.29, 1.82) is 5.26 Å². The monoisotopic (exact) mass is 529 g/mol. The van der Waals surface area contributed by atoms with Crippen molar-refractivity contribution in [3.8, 4) is 6.07 Å². The number of nitrogens with one attached hydrogen (secondary N) is 1. The summed E-state index contributed by atoms with van der Waals surface area (Å²) in [4.78, 5) is 28.3. The second kappa shape index (κ2) is 8.91. The summed E-state index contributed by atoms with van der Waals surface area (Å²) < 4.78 is 56.1. The summed E-state index contributed by atoms with van der Waals surface area (Å²) in [5, 5.41) is 11.8. The van der Waals surface area contributed by atoms with Crippen molar-refractivity contribution in [2.75, 3.05) is 4.90 Å². The molecule has 0 aromatic heterocycles. The van der Waals surface area contributed by atoms with Crippen LogP contribution in [0, 0.1) is 23.1 Å². The highest BCUT2D eigenvalue weighted by molar-refractivity contribution is 7.80. The molecule has 2 aliphatic heterocycles. The quantitative estimate of drug-likeness (QED) is 0.402. The first-order chi connectivity index (χ1) is 17.5. The van der Waals surface area contributed by atoms with E-state index in [1.807, 2.05) is 0 Å². The van der Waals surface area contributed by atoms with Gasteiger partial charge in [0.2, 0.25) is 0 Å². The van der Waals surface area contributed by atoms with Gasteiger partial charge in [0.25, 0.3) is 5.91 Å². The number of alkyl halides is 3. The van der Waals surface area contributed by atoms with E-state index in [1.165, 1.54) is 18.2 Å². The molecule has 192 valence electrons. The molecule has 5 rings (SSSR count). The van der Waals surface area contributed by atoms with Gasteiger partial charge < -0.3 is 10.2 Å². The molecule has 0 bridgehead atoms. The summed E-state index contributed by atoms with van der Waals surface area (Å²) >= 11 is 5.74. The fraction of sp³-hybridized carbons (Fsp3) is 0.407. The molecule has 1 saturated carbocycles. The van der Waals surface area contributed by atoms with Gasteiger partial charge in [0.15, 0.2) is 5.78 Å². The maximum Gasteiger partial charge on any atom is 0.417 e. The number of amides is 1. The van der Waals surface area contributed by atoms with E-state index < -0.39 is 40.5 Å². The number of rotatable bonds is 3. The number of ketones is 1. The van der Waals surface area contributed by atoms with Crippen LogP contribution in [-0.4, -0.2) is 22.2 Å². The zero-order valence-electron chi connectivity index (χ0n) is 19.9. The van der Waals surface area contributed by atoms with Crippen molar-refractivity contribution >= 4 is 34.6 Å². The Morgan fingerprint density at radius 2 is 1.89 bits per heavy atom. The Morgan fingerprint density at radius 3 is 2.54 bits per heavy atom. The molecule has 1 amide bonds. The Hall–Kier alpha value is -3.32. The number of piperidine rings is 1. The van der Waals surface area contributed by atoms with E-state index in [0.29, 0.717) is 41.8 Å². The van der Waals surface area contributed by atoms with Crippen molar-refractivity contribution in [3.05, 3.63) is 64.0 Å². The lowest BCUT2D eigenvalue weighted by molar-refractivity contribution is -0.137. The molecule has 1 N–H and O–H groups in total. The van der Waals surface area contributed by atoms with Crippen LogP contribution in [0.25, 0.3) is 0 Å². The topological polar surface area (TPSA) is 73.2 Å². The number of hydrogen-bond donors (Lipinski definition) is 1. The van der Waals surface area contributed by atoms with Gasteiger partial charge >= 0.3 is 6.18 Å². The molecule has 10 heteroatoms. The molecule has 0 radical (unpaired) electrons. The van der Waals surface area contributed by atoms with E-state index in [0.717, 1.165) is 12.1 Å². The number of nitrogens with zero attached hydrogens (tertiary/aromatic N) is 2. The Labute approximate surface area is 216 Å². The van der Waals surface area contributed by atoms with Crippen molar-refractivity contribution in [2.24, 2.45) is 5.92 Å². The van der Waals surface area contributed by atoms with Gasteiger partial charge in [-0.2, -0.15) is 18.4 Å². The van der Waals surface area contributed by atoms with Gasteiger partial charge in [0, 0.05) is 24.4 Å². The zero-order chi connectivity index (χ0) is 26.7. The first-order valence-electron chi connectivity index (χ1n) is 12.1. The summed E-state index contributed by atoms with van der Waals surface area (Å²) in [6.07, 6.45) is -2.37. The molecule has 2 atom stereocenters. The second-order valence-corrected chi connectivity index (χ2v) is 10.5. The summed E-state index contributed by atoms with van der Waals surface area (Å²) in [5.74, 6) is -2.41. The van der Waals surface area contributed by atoms with Crippen LogP contribution in [0.1, 0.15) is 77.6 Å². The number of benzene rings is 2. The van der Waals surface area contributed by atoms with Gasteiger partial charge in [-0.05, 0) is 54.2 Å². The van der Waals surface area contributed by atoms with Gasteiger partial charge in [0.05, 0.1) is 27.9 Å². The van der Waals surface area contributed by atoms with Gasteiger partial charge in [0.1, 0.15) is 11.4 Å². The number of carbonyl (C=O) groups excluding carboxylic acids is 2. The van der Waals surface area contributed by atoms with Crippen LogP contribution in [-0.2, 0) is 17.5 Å². The van der Waals surface area contributed by atoms with E-state index in [1.54, 1.807) is 17.9 Å². The number of hydrogen-bond acceptors (Lipinski definition) is 4. The third-order valence-electron chi connectivity index (χ3n) is 7.99. The van der Waals surface area contributed by atoms with Gasteiger partial charge in [-0.1, -0.05) is 38.0 Å². The van der Waals surface area contributed by atoms with Crippen LogP contribution in [0.3, 0.4) is 0 Å². The van der Waals surface area contributed by atoms with Crippen LogP contribution < -0.4 is 10.2 Å².